The van der Waals surface area contributed by atoms with Gasteiger partial charge in [0, 0.05) is 13.6 Å². The Kier molecular flexibility index (Phi) is 5.53. The molecule has 1 rings (SSSR count). The molecule has 0 aromatic heterocycles. The molecule has 0 radical (unpaired) electrons. The molecule has 1 aromatic carbocycles. The first-order chi connectivity index (χ1) is 8.15. The Bertz CT molecular complexity index is 337. The normalized spacial score (nSPS) is 11.9. The lowest BCUT2D eigenvalue weighted by molar-refractivity contribution is 0.205. The highest BCUT2D eigenvalue weighted by Gasteiger charge is 2.12. The van der Waals surface area contributed by atoms with Crippen molar-refractivity contribution in [2.24, 2.45) is 0 Å². The lowest BCUT2D eigenvalue weighted by Gasteiger charge is -2.21. The Labute approximate surface area is 104 Å². The van der Waals surface area contributed by atoms with Crippen LogP contribution in [0.1, 0.15) is 38.3 Å². The minimum Gasteiger partial charge on any atom is -0.331 e. The zero-order valence-electron chi connectivity index (χ0n) is 10.9. The van der Waals surface area contributed by atoms with E-state index in [-0.39, 0.29) is 12.1 Å². The monoisotopic (exact) mass is 234 g/mol. The molecule has 1 N–H and O–H groups in total. The summed E-state index contributed by atoms with van der Waals surface area (Å²) in [6.45, 7) is 4.93. The van der Waals surface area contributed by atoms with Gasteiger partial charge in [0.1, 0.15) is 0 Å². The van der Waals surface area contributed by atoms with E-state index in [9.17, 15) is 4.79 Å². The lowest BCUT2D eigenvalue weighted by atomic mass is 10.1. The third kappa shape index (κ3) is 4.47. The third-order valence-electron chi connectivity index (χ3n) is 2.83. The molecule has 2 amide bonds. The number of urea groups is 1. The van der Waals surface area contributed by atoms with Gasteiger partial charge in [0.15, 0.2) is 0 Å². The van der Waals surface area contributed by atoms with Crippen molar-refractivity contribution in [3.8, 4) is 0 Å². The van der Waals surface area contributed by atoms with Crippen LogP contribution in [0, 0.1) is 0 Å². The minimum atomic E-state index is -0.00481. The van der Waals surface area contributed by atoms with Gasteiger partial charge in [0.2, 0.25) is 0 Å². The SMILES string of the molecule is CCCCN(C)C(=O)NC(C)c1ccccc1. The number of amides is 2. The lowest BCUT2D eigenvalue weighted by Crippen LogP contribution is -2.39. The summed E-state index contributed by atoms with van der Waals surface area (Å²) in [6.07, 6.45) is 2.15. The fourth-order valence-electron chi connectivity index (χ4n) is 1.62. The fourth-order valence-corrected chi connectivity index (χ4v) is 1.62. The molecule has 17 heavy (non-hydrogen) atoms. The molecule has 0 aliphatic rings. The van der Waals surface area contributed by atoms with Crippen molar-refractivity contribution < 1.29 is 4.79 Å². The molecule has 0 bridgehead atoms. The fraction of sp³-hybridized carbons (Fsp3) is 0.500. The van der Waals surface area contributed by atoms with Gasteiger partial charge >= 0.3 is 6.03 Å². The number of nitrogens with one attached hydrogen (secondary N) is 1. The maximum Gasteiger partial charge on any atom is 0.317 e. The largest absolute Gasteiger partial charge is 0.331 e. The molecule has 0 heterocycles. The zero-order valence-corrected chi connectivity index (χ0v) is 10.9. The maximum absolute atomic E-state index is 11.8. The zero-order chi connectivity index (χ0) is 12.7. The van der Waals surface area contributed by atoms with Crippen molar-refractivity contribution in [1.29, 1.82) is 0 Å². The quantitative estimate of drug-likeness (QED) is 0.833. The van der Waals surface area contributed by atoms with E-state index >= 15 is 0 Å². The summed E-state index contributed by atoms with van der Waals surface area (Å²) in [6, 6.07) is 10.0. The second kappa shape index (κ2) is 6.94. The standard InChI is InChI=1S/C14H22N2O/c1-4-5-11-16(3)14(17)15-12(2)13-9-7-6-8-10-13/h6-10,12H,4-5,11H2,1-3H3,(H,15,17). The van der Waals surface area contributed by atoms with E-state index in [1.54, 1.807) is 4.90 Å². The first-order valence-corrected chi connectivity index (χ1v) is 6.21. The molecule has 0 fully saturated rings. The highest BCUT2D eigenvalue weighted by molar-refractivity contribution is 5.74. The van der Waals surface area contributed by atoms with Crippen LogP contribution < -0.4 is 5.32 Å². The summed E-state index contributed by atoms with van der Waals surface area (Å²) in [4.78, 5) is 13.6. The van der Waals surface area contributed by atoms with Crippen LogP contribution in [0.25, 0.3) is 0 Å². The van der Waals surface area contributed by atoms with Gasteiger partial charge in [-0.15, -0.1) is 0 Å². The second-order valence-electron chi connectivity index (χ2n) is 4.36. The van der Waals surface area contributed by atoms with Crippen molar-refractivity contribution >= 4 is 6.03 Å². The molecular formula is C14H22N2O. The molecule has 3 nitrogen and oxygen atoms in total. The van der Waals surface area contributed by atoms with Gasteiger partial charge in [-0.25, -0.2) is 4.79 Å². The molecule has 1 atom stereocenters. The van der Waals surface area contributed by atoms with Crippen LogP contribution in [0.15, 0.2) is 30.3 Å². The van der Waals surface area contributed by atoms with Crippen LogP contribution >= 0.6 is 0 Å². The van der Waals surface area contributed by atoms with E-state index in [1.165, 1.54) is 0 Å². The summed E-state index contributed by atoms with van der Waals surface area (Å²) in [5.41, 5.74) is 1.13. The van der Waals surface area contributed by atoms with Crippen LogP contribution in [0.2, 0.25) is 0 Å². The molecule has 0 saturated carbocycles. The van der Waals surface area contributed by atoms with Crippen LogP contribution in [0.5, 0.6) is 0 Å². The topological polar surface area (TPSA) is 32.3 Å². The highest BCUT2D eigenvalue weighted by atomic mass is 16.2. The van der Waals surface area contributed by atoms with Gasteiger partial charge in [-0.1, -0.05) is 43.7 Å². The average molecular weight is 234 g/mol. The van der Waals surface area contributed by atoms with Crippen molar-refractivity contribution in [2.75, 3.05) is 13.6 Å². The molecule has 0 aliphatic carbocycles. The summed E-state index contributed by atoms with van der Waals surface area (Å²) in [5.74, 6) is 0. The molecule has 1 unspecified atom stereocenters. The summed E-state index contributed by atoms with van der Waals surface area (Å²) >= 11 is 0. The summed E-state index contributed by atoms with van der Waals surface area (Å²) < 4.78 is 0. The Balaban J connectivity index is 2.46. The van der Waals surface area contributed by atoms with Gasteiger partial charge in [-0.3, -0.25) is 0 Å². The number of benzene rings is 1. The molecule has 1 aromatic rings. The van der Waals surface area contributed by atoms with E-state index in [2.05, 4.69) is 12.2 Å². The van der Waals surface area contributed by atoms with Crippen molar-refractivity contribution in [1.82, 2.24) is 10.2 Å². The van der Waals surface area contributed by atoms with Gasteiger partial charge in [0.05, 0.1) is 6.04 Å². The predicted octanol–water partition coefficient (Wildman–Crippen LogP) is 3.19. The van der Waals surface area contributed by atoms with E-state index in [0.29, 0.717) is 0 Å². The first kappa shape index (κ1) is 13.6. The molecular weight excluding hydrogens is 212 g/mol. The smallest absolute Gasteiger partial charge is 0.317 e. The van der Waals surface area contributed by atoms with E-state index < -0.39 is 0 Å². The Morgan fingerprint density at radius 2 is 2.00 bits per heavy atom. The average Bonchev–Trinajstić information content (AvgIpc) is 2.36. The molecule has 0 aliphatic heterocycles. The van der Waals surface area contributed by atoms with Crippen LogP contribution in [0.3, 0.4) is 0 Å². The third-order valence-corrected chi connectivity index (χ3v) is 2.83. The highest BCUT2D eigenvalue weighted by Crippen LogP contribution is 2.11. The van der Waals surface area contributed by atoms with Crippen molar-refractivity contribution in [3.05, 3.63) is 35.9 Å². The van der Waals surface area contributed by atoms with Gasteiger partial charge < -0.3 is 10.2 Å². The summed E-state index contributed by atoms with van der Waals surface area (Å²) in [7, 11) is 1.84. The number of nitrogens with zero attached hydrogens (tertiary/aromatic N) is 1. The number of unbranched alkanes of at least 4 members (excludes halogenated alkanes) is 1. The molecule has 0 saturated heterocycles. The van der Waals surface area contributed by atoms with Gasteiger partial charge in [-0.2, -0.15) is 0 Å². The first-order valence-electron chi connectivity index (χ1n) is 6.21. The molecule has 0 spiro atoms. The Morgan fingerprint density at radius 1 is 1.35 bits per heavy atom. The van der Waals surface area contributed by atoms with E-state index in [0.717, 1.165) is 24.9 Å². The Hall–Kier alpha value is -1.51. The van der Waals surface area contributed by atoms with Crippen molar-refractivity contribution in [2.45, 2.75) is 32.7 Å². The number of carbonyl (C=O) groups is 1. The van der Waals surface area contributed by atoms with Gasteiger partial charge in [-0.05, 0) is 18.9 Å². The summed E-state index contributed by atoms with van der Waals surface area (Å²) in [5, 5.41) is 2.99. The Morgan fingerprint density at radius 3 is 2.59 bits per heavy atom. The van der Waals surface area contributed by atoms with E-state index in [4.69, 9.17) is 0 Å². The molecule has 94 valence electrons. The minimum absolute atomic E-state index is 0.00481. The van der Waals surface area contributed by atoms with E-state index in [1.807, 2.05) is 44.3 Å². The molecule has 3 heteroatoms. The number of rotatable bonds is 5. The van der Waals surface area contributed by atoms with Crippen LogP contribution in [-0.4, -0.2) is 24.5 Å². The number of hydrogen-bond acceptors (Lipinski definition) is 1. The van der Waals surface area contributed by atoms with Crippen LogP contribution in [-0.2, 0) is 0 Å². The maximum atomic E-state index is 11.8. The number of hydrogen-bond donors (Lipinski definition) is 1. The van der Waals surface area contributed by atoms with Gasteiger partial charge in [0.25, 0.3) is 0 Å². The number of carbonyl (C=O) groups excluding carboxylic acids is 1. The van der Waals surface area contributed by atoms with Crippen LogP contribution in [0.4, 0.5) is 4.79 Å². The second-order valence-corrected chi connectivity index (χ2v) is 4.36. The van der Waals surface area contributed by atoms with Crippen molar-refractivity contribution in [3.63, 3.8) is 0 Å². The predicted molar refractivity (Wildman–Crippen MR) is 70.9 cm³/mol.